The van der Waals surface area contributed by atoms with Crippen molar-refractivity contribution in [3.63, 3.8) is 0 Å². The molecule has 0 radical (unpaired) electrons. The Bertz CT molecular complexity index is 914. The molecule has 144 valence electrons. The van der Waals surface area contributed by atoms with E-state index in [4.69, 9.17) is 9.47 Å². The normalized spacial score (nSPS) is 11.5. The summed E-state index contributed by atoms with van der Waals surface area (Å²) >= 11 is 1.61. The minimum atomic E-state index is -0.595. The van der Waals surface area contributed by atoms with Crippen LogP contribution in [0.1, 0.15) is 13.3 Å². The average Bonchev–Trinajstić information content (AvgIpc) is 2.74. The number of nitrogens with one attached hydrogen (secondary N) is 1. The van der Waals surface area contributed by atoms with E-state index in [1.165, 1.54) is 0 Å². The van der Waals surface area contributed by atoms with E-state index in [0.29, 0.717) is 17.9 Å². The number of hydrogen-bond acceptors (Lipinski definition) is 4. The van der Waals surface area contributed by atoms with Gasteiger partial charge in [-0.25, -0.2) is 0 Å². The van der Waals surface area contributed by atoms with E-state index in [9.17, 15) is 4.79 Å². The van der Waals surface area contributed by atoms with Gasteiger partial charge in [0.15, 0.2) is 6.10 Å². The lowest BCUT2D eigenvalue weighted by Gasteiger charge is -2.19. The van der Waals surface area contributed by atoms with Gasteiger partial charge in [0.25, 0.3) is 5.91 Å². The van der Waals surface area contributed by atoms with Crippen molar-refractivity contribution in [3.8, 4) is 11.5 Å². The van der Waals surface area contributed by atoms with E-state index in [0.717, 1.165) is 15.5 Å². The second-order valence-electron chi connectivity index (χ2n) is 6.09. The molecule has 0 saturated carbocycles. The zero-order chi connectivity index (χ0) is 19.8. The Labute approximate surface area is 169 Å². The molecule has 0 aliphatic rings. The Morgan fingerprint density at radius 1 is 0.964 bits per heavy atom. The summed E-state index contributed by atoms with van der Waals surface area (Å²) in [5.41, 5.74) is 0.772. The van der Waals surface area contributed by atoms with Gasteiger partial charge in [0.1, 0.15) is 11.5 Å². The van der Waals surface area contributed by atoms with Gasteiger partial charge in [-0.3, -0.25) is 4.79 Å². The molecule has 0 saturated heterocycles. The van der Waals surface area contributed by atoms with Crippen molar-refractivity contribution in [1.29, 1.82) is 0 Å². The van der Waals surface area contributed by atoms with Crippen LogP contribution in [0.5, 0.6) is 11.5 Å². The van der Waals surface area contributed by atoms with Crippen LogP contribution in [0.15, 0.2) is 88.7 Å². The van der Waals surface area contributed by atoms with Gasteiger partial charge in [-0.2, -0.15) is 0 Å². The van der Waals surface area contributed by atoms with Crippen molar-refractivity contribution in [2.75, 3.05) is 12.4 Å². The minimum Gasteiger partial charge on any atom is -0.497 e. The number of hydrogen-bond donors (Lipinski definition) is 1. The summed E-state index contributed by atoms with van der Waals surface area (Å²) in [6.45, 7) is 1.93. The van der Waals surface area contributed by atoms with Crippen molar-refractivity contribution in [2.45, 2.75) is 29.2 Å². The highest BCUT2D eigenvalue weighted by molar-refractivity contribution is 7.99. The van der Waals surface area contributed by atoms with Gasteiger partial charge in [0, 0.05) is 15.9 Å². The molecule has 3 aromatic rings. The molecule has 1 atom stereocenters. The monoisotopic (exact) mass is 393 g/mol. The summed E-state index contributed by atoms with van der Waals surface area (Å²) in [4.78, 5) is 14.9. The first-order valence-corrected chi connectivity index (χ1v) is 9.94. The van der Waals surface area contributed by atoms with E-state index in [1.807, 2.05) is 79.7 Å². The van der Waals surface area contributed by atoms with Crippen LogP contribution in [0.2, 0.25) is 0 Å². The maximum absolute atomic E-state index is 12.8. The molecule has 5 heteroatoms. The number of rotatable bonds is 8. The molecule has 0 bridgehead atoms. The topological polar surface area (TPSA) is 47.6 Å². The van der Waals surface area contributed by atoms with Gasteiger partial charge < -0.3 is 14.8 Å². The number of ether oxygens (including phenoxy) is 2. The van der Waals surface area contributed by atoms with Crippen molar-refractivity contribution >= 4 is 23.4 Å². The third-order valence-corrected chi connectivity index (χ3v) is 5.18. The number of methoxy groups -OCH3 is 1. The highest BCUT2D eigenvalue weighted by atomic mass is 32.2. The molecule has 3 rings (SSSR count). The average molecular weight is 394 g/mol. The number of carbonyl (C=O) groups excluding carboxylic acids is 1. The molecule has 0 aliphatic heterocycles. The molecule has 1 amide bonds. The summed E-state index contributed by atoms with van der Waals surface area (Å²) < 4.78 is 11.1. The van der Waals surface area contributed by atoms with Crippen molar-refractivity contribution in [1.82, 2.24) is 0 Å². The Morgan fingerprint density at radius 2 is 1.68 bits per heavy atom. The van der Waals surface area contributed by atoms with Gasteiger partial charge in [-0.15, -0.1) is 0 Å². The van der Waals surface area contributed by atoms with Gasteiger partial charge in [-0.1, -0.05) is 55.1 Å². The zero-order valence-electron chi connectivity index (χ0n) is 15.9. The first-order chi connectivity index (χ1) is 13.7. The van der Waals surface area contributed by atoms with E-state index in [1.54, 1.807) is 24.9 Å². The molecule has 3 aromatic carbocycles. The summed E-state index contributed by atoms with van der Waals surface area (Å²) in [7, 11) is 1.60. The Kier molecular flexibility index (Phi) is 6.98. The fourth-order valence-electron chi connectivity index (χ4n) is 2.65. The predicted octanol–water partition coefficient (Wildman–Crippen LogP) is 5.64. The Balaban J connectivity index is 1.72. The molecule has 1 unspecified atom stereocenters. The van der Waals surface area contributed by atoms with Crippen molar-refractivity contribution in [3.05, 3.63) is 78.9 Å². The fraction of sp³-hybridized carbons (Fsp3) is 0.174. The molecular weight excluding hydrogens is 370 g/mol. The van der Waals surface area contributed by atoms with Crippen LogP contribution in [0.3, 0.4) is 0 Å². The maximum Gasteiger partial charge on any atom is 0.265 e. The van der Waals surface area contributed by atoms with Crippen LogP contribution in [0.4, 0.5) is 5.69 Å². The van der Waals surface area contributed by atoms with Crippen molar-refractivity contribution < 1.29 is 14.3 Å². The smallest absolute Gasteiger partial charge is 0.265 e. The molecule has 1 N–H and O–H groups in total. The van der Waals surface area contributed by atoms with Crippen LogP contribution in [-0.4, -0.2) is 19.1 Å². The highest BCUT2D eigenvalue weighted by Crippen LogP contribution is 2.33. The maximum atomic E-state index is 12.8. The summed E-state index contributed by atoms with van der Waals surface area (Å²) in [5.74, 6) is 1.12. The summed E-state index contributed by atoms with van der Waals surface area (Å²) in [6, 6.07) is 25.1. The molecule has 0 spiro atoms. The van der Waals surface area contributed by atoms with Gasteiger partial charge in [-0.05, 0) is 42.8 Å². The van der Waals surface area contributed by atoms with E-state index in [2.05, 4.69) is 5.32 Å². The van der Waals surface area contributed by atoms with Gasteiger partial charge in [0.05, 0.1) is 12.8 Å². The second kappa shape index (κ2) is 9.85. The Morgan fingerprint density at radius 3 is 2.43 bits per heavy atom. The quantitative estimate of drug-likeness (QED) is 0.538. The number of amides is 1. The SMILES string of the molecule is CCC(Oc1cccc(OC)c1)C(=O)Nc1ccccc1Sc1ccccc1. The summed E-state index contributed by atoms with van der Waals surface area (Å²) in [6.07, 6.45) is -0.0429. The standard InChI is InChI=1S/C23H23NO3S/c1-3-21(27-18-11-9-10-17(16-18)26-2)23(25)24-20-14-7-8-15-22(20)28-19-12-5-4-6-13-19/h4-16,21H,3H2,1-2H3,(H,24,25). The number of anilines is 1. The lowest BCUT2D eigenvalue weighted by molar-refractivity contribution is -0.122. The first-order valence-electron chi connectivity index (χ1n) is 9.13. The zero-order valence-corrected chi connectivity index (χ0v) is 16.7. The van der Waals surface area contributed by atoms with Crippen LogP contribution in [-0.2, 0) is 4.79 Å². The lowest BCUT2D eigenvalue weighted by Crippen LogP contribution is -2.32. The molecule has 0 aromatic heterocycles. The molecule has 4 nitrogen and oxygen atoms in total. The van der Waals surface area contributed by atoms with E-state index < -0.39 is 6.10 Å². The summed E-state index contributed by atoms with van der Waals surface area (Å²) in [5, 5.41) is 3.01. The fourth-order valence-corrected chi connectivity index (χ4v) is 3.57. The van der Waals surface area contributed by atoms with Gasteiger partial charge in [0.2, 0.25) is 0 Å². The highest BCUT2D eigenvalue weighted by Gasteiger charge is 2.20. The molecule has 0 heterocycles. The number of benzene rings is 3. The third-order valence-electron chi connectivity index (χ3n) is 4.10. The lowest BCUT2D eigenvalue weighted by atomic mass is 10.2. The van der Waals surface area contributed by atoms with Crippen LogP contribution < -0.4 is 14.8 Å². The van der Waals surface area contributed by atoms with Gasteiger partial charge >= 0.3 is 0 Å². The molecule has 28 heavy (non-hydrogen) atoms. The van der Waals surface area contributed by atoms with E-state index >= 15 is 0 Å². The van der Waals surface area contributed by atoms with Crippen molar-refractivity contribution in [2.24, 2.45) is 0 Å². The predicted molar refractivity (Wildman–Crippen MR) is 113 cm³/mol. The van der Waals surface area contributed by atoms with Crippen LogP contribution in [0, 0.1) is 0 Å². The van der Waals surface area contributed by atoms with Crippen LogP contribution >= 0.6 is 11.8 Å². The molecular formula is C23H23NO3S. The first kappa shape index (κ1) is 19.8. The number of para-hydroxylation sites is 1. The Hall–Kier alpha value is -2.92. The minimum absolute atomic E-state index is 0.175. The van der Waals surface area contributed by atoms with E-state index in [-0.39, 0.29) is 5.91 Å². The largest absolute Gasteiger partial charge is 0.497 e. The third kappa shape index (κ3) is 5.30. The van der Waals surface area contributed by atoms with Crippen LogP contribution in [0.25, 0.3) is 0 Å². The molecule has 0 aliphatic carbocycles. The second-order valence-corrected chi connectivity index (χ2v) is 7.21. The molecule has 0 fully saturated rings. The number of carbonyl (C=O) groups is 1.